The van der Waals surface area contributed by atoms with E-state index in [1.807, 2.05) is 0 Å². The van der Waals surface area contributed by atoms with Crippen LogP contribution in [-0.2, 0) is 0 Å². The molecule has 88 heavy (non-hydrogen) atoms. The second-order valence-electron chi connectivity index (χ2n) is 27.3. The Morgan fingerprint density at radius 3 is 0.750 bits per heavy atom. The highest BCUT2D eigenvalue weighted by atomic mass is 14.3. The third kappa shape index (κ3) is 6.25. The number of hydrogen-bond donors (Lipinski definition) is 0. The van der Waals surface area contributed by atoms with Crippen LogP contribution in [0.3, 0.4) is 0 Å². The van der Waals surface area contributed by atoms with Gasteiger partial charge in [-0.25, -0.2) is 0 Å². The molecule has 0 heteroatoms. The average Bonchev–Trinajstić information content (AvgIpc) is 1.38. The van der Waals surface area contributed by atoms with Crippen LogP contribution in [0.4, 0.5) is 0 Å². The molecule has 416 valence electrons. The van der Waals surface area contributed by atoms with Crippen LogP contribution in [0.5, 0.6) is 0 Å². The molecule has 0 aliphatic heterocycles. The zero-order valence-electron chi connectivity index (χ0n) is 52.2. The van der Waals surface area contributed by atoms with Crippen molar-refractivity contribution < 1.29 is 0 Å². The number of hydrogen-bond acceptors (Lipinski definition) is 0. The van der Waals surface area contributed by atoms with Crippen LogP contribution in [0, 0.1) is 83.1 Å². The summed E-state index contributed by atoms with van der Waals surface area (Å²) in [5.74, 6) is 0. The quantitative estimate of drug-likeness (QED) is 0.122. The Kier molecular flexibility index (Phi) is 9.72. The van der Waals surface area contributed by atoms with Crippen molar-refractivity contribution in [3.05, 3.63) is 237 Å². The Hall–Kier alpha value is -9.88. The maximum Gasteiger partial charge on any atom is -0.000696 e. The van der Waals surface area contributed by atoms with E-state index in [2.05, 4.69) is 253 Å². The molecule has 0 N–H and O–H groups in total. The van der Waals surface area contributed by atoms with Gasteiger partial charge in [-0.1, -0.05) is 179 Å². The van der Waals surface area contributed by atoms with E-state index >= 15 is 0 Å². The fourth-order valence-electron chi connectivity index (χ4n) is 18.7. The smallest absolute Gasteiger partial charge is 0.000696 e. The zero-order chi connectivity index (χ0) is 59.5. The molecule has 0 aromatic heterocycles. The van der Waals surface area contributed by atoms with Gasteiger partial charge in [0, 0.05) is 0 Å². The Balaban J connectivity index is 1.00. The summed E-state index contributed by atoms with van der Waals surface area (Å²) in [4.78, 5) is 0. The van der Waals surface area contributed by atoms with Gasteiger partial charge >= 0.3 is 0 Å². The minimum absolute atomic E-state index is 1.28. The van der Waals surface area contributed by atoms with Crippen LogP contribution in [0.25, 0.3) is 195 Å². The van der Waals surface area contributed by atoms with E-state index in [1.165, 1.54) is 262 Å². The topological polar surface area (TPSA) is 0 Å². The minimum atomic E-state index is 1.28. The second kappa shape index (κ2) is 17.0. The molecular formula is C88H64. The van der Waals surface area contributed by atoms with Gasteiger partial charge in [-0.3, -0.25) is 0 Å². The molecule has 0 fully saturated rings. The minimum Gasteiger partial charge on any atom is -0.0617 e. The van der Waals surface area contributed by atoms with Crippen molar-refractivity contribution >= 4 is 151 Å². The van der Waals surface area contributed by atoms with Crippen LogP contribution < -0.4 is 0 Å². The van der Waals surface area contributed by atoms with E-state index in [9.17, 15) is 0 Å². The summed E-state index contributed by atoms with van der Waals surface area (Å²) in [6, 6.07) is 68.2. The zero-order valence-corrected chi connectivity index (χ0v) is 52.2. The summed E-state index contributed by atoms with van der Waals surface area (Å²) < 4.78 is 0. The molecular weight excluding hydrogens is 1060 g/mol. The van der Waals surface area contributed by atoms with Gasteiger partial charge in [0.1, 0.15) is 0 Å². The lowest BCUT2D eigenvalue weighted by Crippen LogP contribution is -1.91. The third-order valence-electron chi connectivity index (χ3n) is 21.4. The summed E-state index contributed by atoms with van der Waals surface area (Å²) in [6.45, 7) is 27.5. The predicted octanol–water partition coefficient (Wildman–Crippen LogP) is 25.4. The molecule has 0 heterocycles. The highest BCUT2D eigenvalue weighted by Crippen LogP contribution is 2.60. The standard InChI is InChI=1S/C88H64/c1-41-27-42(2)32-53(31-41)75-69-39-55(71-47(7)15-13-16-48(71)8)37-67-73-51(11)29-45(5)35-65(73)87(81(67)69)85-63-25-21-59-58-20-24-62-80-64(26-22-60(78(58)80)57-19-23-61(83(75)85)79(63)77(57)59)86-84(62)76(54-33-43(3)28-44(4)34-54)70-40-56(72-49(9)17-14-18-50(72)10)38-68-74-52(12)30-46(6)36-66(74)88(86)82(68)70/h13-40H,1-12H3. The van der Waals surface area contributed by atoms with E-state index in [4.69, 9.17) is 0 Å². The van der Waals surface area contributed by atoms with E-state index in [1.54, 1.807) is 0 Å². The van der Waals surface area contributed by atoms with Gasteiger partial charge in [0.2, 0.25) is 0 Å². The molecule has 0 saturated carbocycles. The summed E-state index contributed by atoms with van der Waals surface area (Å²) >= 11 is 0. The molecule has 19 aromatic rings. The van der Waals surface area contributed by atoms with Crippen LogP contribution in [0.2, 0.25) is 0 Å². The predicted molar refractivity (Wildman–Crippen MR) is 386 cm³/mol. The van der Waals surface area contributed by atoms with Crippen molar-refractivity contribution in [2.75, 3.05) is 0 Å². The van der Waals surface area contributed by atoms with Gasteiger partial charge in [-0.05, 0) is 336 Å². The first kappa shape index (κ1) is 50.3. The van der Waals surface area contributed by atoms with Crippen molar-refractivity contribution in [3.63, 3.8) is 0 Å². The first-order valence-electron chi connectivity index (χ1n) is 31.7. The van der Waals surface area contributed by atoms with Crippen LogP contribution in [0.1, 0.15) is 66.8 Å². The van der Waals surface area contributed by atoms with Gasteiger partial charge in [0.25, 0.3) is 0 Å². The second-order valence-corrected chi connectivity index (χ2v) is 27.3. The van der Waals surface area contributed by atoms with E-state index in [-0.39, 0.29) is 0 Å². The van der Waals surface area contributed by atoms with E-state index in [0.717, 1.165) is 0 Å². The van der Waals surface area contributed by atoms with E-state index < -0.39 is 0 Å². The van der Waals surface area contributed by atoms with Crippen LogP contribution in [0.15, 0.2) is 170 Å². The van der Waals surface area contributed by atoms with Gasteiger partial charge < -0.3 is 0 Å². The van der Waals surface area contributed by atoms with Crippen molar-refractivity contribution in [1.82, 2.24) is 0 Å². The molecule has 0 nitrogen and oxygen atoms in total. The monoisotopic (exact) mass is 1120 g/mol. The number of benzene rings is 15. The lowest BCUT2D eigenvalue weighted by Gasteiger charge is -2.17. The van der Waals surface area contributed by atoms with Gasteiger partial charge in [-0.15, -0.1) is 0 Å². The van der Waals surface area contributed by atoms with Crippen molar-refractivity contribution in [1.29, 1.82) is 0 Å². The Morgan fingerprint density at radius 1 is 0.148 bits per heavy atom. The summed E-state index contributed by atoms with van der Waals surface area (Å²) in [7, 11) is 0. The Labute approximate surface area is 511 Å². The molecule has 0 radical (unpaired) electrons. The van der Waals surface area contributed by atoms with Crippen molar-refractivity contribution in [2.24, 2.45) is 0 Å². The highest BCUT2D eigenvalue weighted by Gasteiger charge is 2.32. The number of aryl methyl sites for hydroxylation is 12. The number of fused-ring (bicyclic) bond motifs is 16. The van der Waals surface area contributed by atoms with E-state index in [0.29, 0.717) is 0 Å². The fourth-order valence-corrected chi connectivity index (χ4v) is 18.7. The normalized spacial score (nSPS) is 12.8. The first-order chi connectivity index (χ1) is 42.6. The molecule has 0 aliphatic rings. The molecule has 0 unspecified atom stereocenters. The lowest BCUT2D eigenvalue weighted by atomic mass is 9.86. The van der Waals surface area contributed by atoms with Crippen LogP contribution in [-0.4, -0.2) is 0 Å². The molecule has 0 atom stereocenters. The van der Waals surface area contributed by atoms with Crippen molar-refractivity contribution in [3.8, 4) is 44.5 Å². The Bertz CT molecular complexity index is 5900. The molecule has 0 amide bonds. The van der Waals surface area contributed by atoms with Crippen LogP contribution >= 0.6 is 0 Å². The van der Waals surface area contributed by atoms with Gasteiger partial charge in [0.05, 0.1) is 0 Å². The molecule has 0 spiro atoms. The highest BCUT2D eigenvalue weighted by molar-refractivity contribution is 6.54. The summed E-state index contributed by atoms with van der Waals surface area (Å²) in [5, 5.41) is 38.1. The largest absolute Gasteiger partial charge is 0.0617 e. The van der Waals surface area contributed by atoms with Gasteiger partial charge in [-0.2, -0.15) is 0 Å². The number of rotatable bonds is 4. The fraction of sp³-hybridized carbons (Fsp3) is 0.136. The molecule has 0 aliphatic carbocycles. The summed E-state index contributed by atoms with van der Waals surface area (Å²) in [5.41, 5.74) is 26.2. The maximum absolute atomic E-state index is 2.57. The average molecular weight is 1120 g/mol. The Morgan fingerprint density at radius 2 is 0.398 bits per heavy atom. The molecule has 0 bridgehead atoms. The summed E-state index contributed by atoms with van der Waals surface area (Å²) in [6.07, 6.45) is 0. The third-order valence-corrected chi connectivity index (χ3v) is 21.4. The first-order valence-corrected chi connectivity index (χ1v) is 31.7. The molecule has 19 rings (SSSR count). The molecule has 0 saturated heterocycles. The maximum atomic E-state index is 2.57. The lowest BCUT2D eigenvalue weighted by molar-refractivity contribution is 1.38. The van der Waals surface area contributed by atoms with Gasteiger partial charge in [0.15, 0.2) is 0 Å². The van der Waals surface area contributed by atoms with Crippen molar-refractivity contribution in [2.45, 2.75) is 83.1 Å². The molecule has 19 aromatic carbocycles. The SMILES string of the molecule is Cc1cc(C)cc(-c2c3cc(-c4c(C)cccc4C)cc4c5c(C)cc(C)cc5c(c34)c3c4ccc5c6ccc7c8c(-c9cc(C)cc(C)c9)c9cc(-c%10c(C)cccc%10C)cc%10c%11c(C)cc(C)cc%11c(c9%10)c8c8ccc(c9ccc(c23)c4c95)c6c78)c1.